The Labute approximate surface area is 263 Å². The Hall–Kier alpha value is -4.81. The molecule has 45 heavy (non-hydrogen) atoms. The van der Waals surface area contributed by atoms with Crippen LogP contribution in [0.4, 0.5) is 0 Å². The molecule has 5 amide bonds. The predicted molar refractivity (Wildman–Crippen MR) is 166 cm³/mol. The second-order valence-corrected chi connectivity index (χ2v) is 11.9. The fraction of sp³-hybridized carbons (Fsp3) is 0.273. The van der Waals surface area contributed by atoms with E-state index >= 15 is 0 Å². The van der Waals surface area contributed by atoms with Crippen LogP contribution in [-0.4, -0.2) is 64.3 Å². The number of furan rings is 1. The van der Waals surface area contributed by atoms with E-state index in [-0.39, 0.29) is 42.3 Å². The lowest BCUT2D eigenvalue weighted by atomic mass is 10.0. The zero-order valence-corrected chi connectivity index (χ0v) is 25.1. The molecule has 0 bridgehead atoms. The summed E-state index contributed by atoms with van der Waals surface area (Å²) in [6.45, 7) is 1.10. The van der Waals surface area contributed by atoms with E-state index < -0.39 is 29.7 Å². The van der Waals surface area contributed by atoms with Crippen LogP contribution in [0, 0.1) is 0 Å². The third kappa shape index (κ3) is 6.52. The topological polar surface area (TPSA) is 151 Å². The minimum atomic E-state index is -1.02. The predicted octanol–water partition coefficient (Wildman–Crippen LogP) is 3.60. The van der Waals surface area contributed by atoms with Gasteiger partial charge in [0.2, 0.25) is 17.7 Å². The molecule has 1 saturated heterocycles. The smallest absolute Gasteiger partial charge is 0.263 e. The number of fused-ring (bicyclic) bond motifs is 2. The summed E-state index contributed by atoms with van der Waals surface area (Å²) < 4.78 is 6.11. The third-order valence-corrected chi connectivity index (χ3v) is 8.85. The zero-order valence-electron chi connectivity index (χ0n) is 24.3. The van der Waals surface area contributed by atoms with E-state index in [4.69, 9.17) is 4.42 Å². The Morgan fingerprint density at radius 3 is 2.71 bits per heavy atom. The average Bonchev–Trinajstić information content (AvgIpc) is 3.58. The van der Waals surface area contributed by atoms with Crippen LogP contribution in [0.25, 0.3) is 11.0 Å². The van der Waals surface area contributed by atoms with E-state index in [0.717, 1.165) is 27.2 Å². The summed E-state index contributed by atoms with van der Waals surface area (Å²) in [4.78, 5) is 68.5. The number of imide groups is 2. The molecule has 2 aromatic carbocycles. The maximum Gasteiger partial charge on any atom is 0.263 e. The molecule has 2 aliphatic rings. The van der Waals surface area contributed by atoms with Gasteiger partial charge in [-0.05, 0) is 55.3 Å². The SMILES string of the molecule is O=C(CCSc1cccc2c1C(=O)N(C1CCC(=O)NC1=O)C2=O)NCCCNC(c1cccnc1)c1cc2ccccc2o1. The van der Waals surface area contributed by atoms with Crippen LogP contribution in [0.3, 0.4) is 0 Å². The molecule has 2 aliphatic heterocycles. The Morgan fingerprint density at radius 1 is 1.04 bits per heavy atom. The minimum absolute atomic E-state index is 0.0585. The number of carbonyl (C=O) groups excluding carboxylic acids is 5. The second kappa shape index (κ2) is 13.4. The van der Waals surface area contributed by atoms with Crippen molar-refractivity contribution in [1.82, 2.24) is 25.8 Å². The Morgan fingerprint density at radius 2 is 1.91 bits per heavy atom. The first-order valence-corrected chi connectivity index (χ1v) is 15.7. The van der Waals surface area contributed by atoms with Gasteiger partial charge in [-0.3, -0.25) is 39.2 Å². The van der Waals surface area contributed by atoms with Crippen molar-refractivity contribution in [1.29, 1.82) is 0 Å². The zero-order chi connectivity index (χ0) is 31.3. The van der Waals surface area contributed by atoms with Crippen molar-refractivity contribution in [2.24, 2.45) is 0 Å². The number of carbonyl (C=O) groups is 5. The van der Waals surface area contributed by atoms with Crippen molar-refractivity contribution in [2.45, 2.75) is 42.7 Å². The third-order valence-electron chi connectivity index (χ3n) is 7.79. The van der Waals surface area contributed by atoms with Crippen LogP contribution >= 0.6 is 11.8 Å². The summed E-state index contributed by atoms with van der Waals surface area (Å²) in [6.07, 6.45) is 4.60. The van der Waals surface area contributed by atoms with Gasteiger partial charge in [0.15, 0.2) is 0 Å². The van der Waals surface area contributed by atoms with Crippen molar-refractivity contribution in [2.75, 3.05) is 18.8 Å². The largest absolute Gasteiger partial charge is 0.459 e. The number of rotatable bonds is 12. The quantitative estimate of drug-likeness (QED) is 0.122. The number of hydrogen-bond donors (Lipinski definition) is 3. The number of nitrogens with zero attached hydrogens (tertiary/aromatic N) is 2. The second-order valence-electron chi connectivity index (χ2n) is 10.8. The molecule has 2 atom stereocenters. The number of aromatic nitrogens is 1. The Bertz CT molecular complexity index is 1740. The van der Waals surface area contributed by atoms with Gasteiger partial charge in [0, 0.05) is 47.8 Å². The van der Waals surface area contributed by atoms with E-state index in [9.17, 15) is 24.0 Å². The Kier molecular flexibility index (Phi) is 9.03. The van der Waals surface area contributed by atoms with E-state index in [1.807, 2.05) is 48.7 Å². The summed E-state index contributed by atoms with van der Waals surface area (Å²) in [5, 5.41) is 9.69. The molecule has 12 heteroatoms. The van der Waals surface area contributed by atoms with Crippen molar-refractivity contribution in [3.63, 3.8) is 0 Å². The molecule has 6 rings (SSSR count). The number of thioether (sulfide) groups is 1. The summed E-state index contributed by atoms with van der Waals surface area (Å²) in [7, 11) is 0. The fourth-order valence-corrected chi connectivity index (χ4v) is 6.61. The summed E-state index contributed by atoms with van der Waals surface area (Å²) in [6, 6.07) is 17.5. The number of benzene rings is 2. The molecule has 4 heterocycles. The van der Waals surface area contributed by atoms with Crippen LogP contribution < -0.4 is 16.0 Å². The van der Waals surface area contributed by atoms with Crippen LogP contribution in [0.1, 0.15) is 63.8 Å². The van der Waals surface area contributed by atoms with Crippen LogP contribution in [-0.2, 0) is 14.4 Å². The molecule has 230 valence electrons. The molecule has 3 N–H and O–H groups in total. The molecular formula is C33H31N5O6S. The molecule has 0 radical (unpaired) electrons. The highest BCUT2D eigenvalue weighted by atomic mass is 32.2. The van der Waals surface area contributed by atoms with Crippen molar-refractivity contribution >= 4 is 52.3 Å². The highest BCUT2D eigenvalue weighted by Gasteiger charge is 2.45. The van der Waals surface area contributed by atoms with Gasteiger partial charge in [0.05, 0.1) is 17.2 Å². The lowest BCUT2D eigenvalue weighted by molar-refractivity contribution is -0.136. The number of pyridine rings is 1. The fourth-order valence-electron chi connectivity index (χ4n) is 5.58. The van der Waals surface area contributed by atoms with Gasteiger partial charge >= 0.3 is 0 Å². The number of para-hydroxylation sites is 1. The van der Waals surface area contributed by atoms with Crippen LogP contribution in [0.2, 0.25) is 0 Å². The van der Waals surface area contributed by atoms with Gasteiger partial charge < -0.3 is 15.1 Å². The van der Waals surface area contributed by atoms with Crippen molar-refractivity contribution < 1.29 is 28.4 Å². The van der Waals surface area contributed by atoms with Gasteiger partial charge in [-0.2, -0.15) is 0 Å². The standard InChI is InChI=1S/C33H31N5O6S/c39-27(35-15-5-16-36-30(21-7-4-14-34-19-21)25-18-20-6-1-2-9-24(20)44-25)13-17-45-26-10-3-8-22-29(26)33(43)38(32(22)42)23-11-12-28(40)37-31(23)41/h1-4,6-10,14,18-19,23,30,36H,5,11-13,15-17H2,(H,35,39)(H,37,40,41). The molecule has 4 aromatic rings. The minimum Gasteiger partial charge on any atom is -0.459 e. The van der Waals surface area contributed by atoms with Gasteiger partial charge in [-0.25, -0.2) is 0 Å². The molecule has 2 aromatic heterocycles. The van der Waals surface area contributed by atoms with Gasteiger partial charge in [-0.1, -0.05) is 30.3 Å². The molecular weight excluding hydrogens is 594 g/mol. The molecule has 0 saturated carbocycles. The highest BCUT2D eigenvalue weighted by Crippen LogP contribution is 2.34. The van der Waals surface area contributed by atoms with E-state index in [1.165, 1.54) is 11.8 Å². The number of nitrogens with one attached hydrogen (secondary N) is 3. The first-order valence-electron chi connectivity index (χ1n) is 14.8. The first-order chi connectivity index (χ1) is 21.9. The average molecular weight is 626 g/mol. The molecule has 2 unspecified atom stereocenters. The summed E-state index contributed by atoms with van der Waals surface area (Å²) >= 11 is 1.31. The lowest BCUT2D eigenvalue weighted by Gasteiger charge is -2.27. The van der Waals surface area contributed by atoms with Crippen LogP contribution in [0.5, 0.6) is 0 Å². The monoisotopic (exact) mass is 625 g/mol. The van der Waals surface area contributed by atoms with E-state index in [2.05, 4.69) is 20.9 Å². The maximum absolute atomic E-state index is 13.3. The van der Waals surface area contributed by atoms with Gasteiger partial charge in [0.25, 0.3) is 11.8 Å². The van der Waals surface area contributed by atoms with Gasteiger partial charge in [0.1, 0.15) is 17.4 Å². The number of piperidine rings is 1. The molecule has 0 spiro atoms. The maximum atomic E-state index is 13.3. The molecule has 0 aliphatic carbocycles. The van der Waals surface area contributed by atoms with E-state index in [0.29, 0.717) is 30.2 Å². The van der Waals surface area contributed by atoms with Crippen molar-refractivity contribution in [3.05, 3.63) is 95.5 Å². The first kappa shape index (κ1) is 30.2. The van der Waals surface area contributed by atoms with Crippen LogP contribution in [0.15, 0.2) is 82.4 Å². The highest BCUT2D eigenvalue weighted by molar-refractivity contribution is 7.99. The summed E-state index contributed by atoms with van der Waals surface area (Å²) in [5.74, 6) is -1.11. The molecule has 1 fully saturated rings. The normalized spacial score (nSPS) is 17.0. The number of hydrogen-bond acceptors (Lipinski definition) is 9. The Balaban J connectivity index is 0.982. The van der Waals surface area contributed by atoms with Gasteiger partial charge in [-0.15, -0.1) is 11.8 Å². The lowest BCUT2D eigenvalue weighted by Crippen LogP contribution is -2.54. The van der Waals surface area contributed by atoms with Crippen molar-refractivity contribution in [3.8, 4) is 0 Å². The van der Waals surface area contributed by atoms with E-state index in [1.54, 1.807) is 24.4 Å². The molecule has 11 nitrogen and oxygen atoms in total. The summed E-state index contributed by atoms with van der Waals surface area (Å²) in [5.41, 5.74) is 2.25. The number of amides is 5.